The molecule has 180 valence electrons. The minimum absolute atomic E-state index is 0.0420. The first kappa shape index (κ1) is 24.0. The van der Waals surface area contributed by atoms with Gasteiger partial charge in [0, 0.05) is 5.69 Å². The summed E-state index contributed by atoms with van der Waals surface area (Å²) in [6.07, 6.45) is 4.44. The first-order valence-electron chi connectivity index (χ1n) is 12.0. The van der Waals surface area contributed by atoms with Crippen LogP contribution in [0.2, 0.25) is 0 Å². The number of amides is 1. The fourth-order valence-corrected chi connectivity index (χ4v) is 5.19. The molecule has 2 unspecified atom stereocenters. The monoisotopic (exact) mass is 464 g/mol. The topological polar surface area (TPSA) is 95.9 Å². The maximum atomic E-state index is 13.5. The number of nitrogens with one attached hydrogen (secondary N) is 1. The molecule has 2 atom stereocenters. The molecule has 2 aromatic carbocycles. The molecule has 7 heteroatoms. The van der Waals surface area contributed by atoms with Gasteiger partial charge in [-0.2, -0.15) is 0 Å². The van der Waals surface area contributed by atoms with Crippen LogP contribution < -0.4 is 10.2 Å². The van der Waals surface area contributed by atoms with Crippen molar-refractivity contribution in [2.24, 2.45) is 5.92 Å². The number of fused-ring (bicyclic) bond motifs is 2. The van der Waals surface area contributed by atoms with Gasteiger partial charge >= 0.3 is 11.9 Å². The van der Waals surface area contributed by atoms with Gasteiger partial charge in [0.25, 0.3) is 0 Å². The molecule has 0 saturated carbocycles. The molecular formula is C27H32N2O5. The summed E-state index contributed by atoms with van der Waals surface area (Å²) in [7, 11) is 0. The predicted octanol–water partition coefficient (Wildman–Crippen LogP) is 2.92. The summed E-state index contributed by atoms with van der Waals surface area (Å²) >= 11 is 0. The fourth-order valence-electron chi connectivity index (χ4n) is 5.19. The van der Waals surface area contributed by atoms with Crippen LogP contribution in [0.15, 0.2) is 42.5 Å². The van der Waals surface area contributed by atoms with E-state index in [1.54, 1.807) is 13.8 Å². The number of carboxylic acids is 1. The molecule has 2 N–H and O–H groups in total. The lowest BCUT2D eigenvalue weighted by atomic mass is 9.95. The lowest BCUT2D eigenvalue weighted by Crippen LogP contribution is -2.54. The van der Waals surface area contributed by atoms with E-state index in [4.69, 9.17) is 4.74 Å². The van der Waals surface area contributed by atoms with Crippen LogP contribution in [-0.2, 0) is 44.8 Å². The van der Waals surface area contributed by atoms with Crippen LogP contribution in [0.3, 0.4) is 0 Å². The Morgan fingerprint density at radius 3 is 2.38 bits per heavy atom. The number of anilines is 1. The van der Waals surface area contributed by atoms with Crippen LogP contribution in [0.5, 0.6) is 0 Å². The van der Waals surface area contributed by atoms with Gasteiger partial charge in [-0.1, -0.05) is 30.3 Å². The molecule has 2 aliphatic carbocycles. The second-order valence-electron chi connectivity index (χ2n) is 9.18. The highest BCUT2D eigenvalue weighted by Gasteiger charge is 2.37. The molecule has 1 amide bonds. The van der Waals surface area contributed by atoms with Gasteiger partial charge in [-0.05, 0) is 86.3 Å². The van der Waals surface area contributed by atoms with Crippen molar-refractivity contribution in [2.45, 2.75) is 58.0 Å². The summed E-state index contributed by atoms with van der Waals surface area (Å²) in [5.74, 6) is -1.90. The van der Waals surface area contributed by atoms with Crippen molar-refractivity contribution in [2.75, 3.05) is 18.1 Å². The zero-order valence-corrected chi connectivity index (χ0v) is 19.8. The average Bonchev–Trinajstić information content (AvgIpc) is 3.46. The van der Waals surface area contributed by atoms with Crippen LogP contribution in [-0.4, -0.2) is 48.2 Å². The largest absolute Gasteiger partial charge is 0.480 e. The van der Waals surface area contributed by atoms with E-state index in [0.717, 1.165) is 37.7 Å². The molecule has 4 rings (SSSR count). The fraction of sp³-hybridized carbons (Fsp3) is 0.444. The number of nitrogens with zero attached hydrogens (tertiary/aromatic N) is 1. The van der Waals surface area contributed by atoms with E-state index >= 15 is 0 Å². The first-order chi connectivity index (χ1) is 16.4. The third-order valence-corrected chi connectivity index (χ3v) is 6.85. The SMILES string of the molecule is CCOC(=O)C(NC(C)C(=O)N(CC(=O)O)c1ccc2c(c1)CCC2)C1Cc2ccccc2C1. The van der Waals surface area contributed by atoms with Crippen molar-refractivity contribution >= 4 is 23.5 Å². The quantitative estimate of drug-likeness (QED) is 0.554. The Morgan fingerprint density at radius 2 is 1.74 bits per heavy atom. The first-order valence-corrected chi connectivity index (χ1v) is 12.0. The van der Waals surface area contributed by atoms with Crippen LogP contribution in [0.25, 0.3) is 0 Å². The molecule has 0 bridgehead atoms. The number of esters is 1. The summed E-state index contributed by atoms with van der Waals surface area (Å²) in [5.41, 5.74) is 5.39. The van der Waals surface area contributed by atoms with Crippen molar-refractivity contribution in [1.29, 1.82) is 0 Å². The molecule has 0 fully saturated rings. The number of hydrogen-bond acceptors (Lipinski definition) is 5. The second kappa shape index (κ2) is 10.4. The number of carboxylic acid groups (broad SMARTS) is 1. The number of aliphatic carboxylic acids is 1. The van der Waals surface area contributed by atoms with Gasteiger partial charge < -0.3 is 9.84 Å². The number of carbonyl (C=O) groups is 3. The zero-order valence-electron chi connectivity index (χ0n) is 19.8. The lowest BCUT2D eigenvalue weighted by Gasteiger charge is -2.30. The van der Waals surface area contributed by atoms with E-state index in [0.29, 0.717) is 5.69 Å². The number of rotatable bonds is 9. The number of hydrogen-bond donors (Lipinski definition) is 2. The van der Waals surface area contributed by atoms with Crippen molar-refractivity contribution < 1.29 is 24.2 Å². The zero-order chi connectivity index (χ0) is 24.2. The summed E-state index contributed by atoms with van der Waals surface area (Å²) in [5, 5.41) is 12.7. The van der Waals surface area contributed by atoms with Crippen molar-refractivity contribution in [3.63, 3.8) is 0 Å². The Kier molecular flexibility index (Phi) is 7.32. The predicted molar refractivity (Wildman–Crippen MR) is 129 cm³/mol. The van der Waals surface area contributed by atoms with E-state index in [1.165, 1.54) is 21.6 Å². The number of carbonyl (C=O) groups excluding carboxylic acids is 2. The second-order valence-corrected chi connectivity index (χ2v) is 9.18. The van der Waals surface area contributed by atoms with Gasteiger partial charge in [-0.15, -0.1) is 0 Å². The molecule has 34 heavy (non-hydrogen) atoms. The molecule has 0 saturated heterocycles. The van der Waals surface area contributed by atoms with Gasteiger partial charge in [0.15, 0.2) is 0 Å². The standard InChI is InChI=1S/C27H32N2O5/c1-3-34-27(33)25(22-13-19-7-4-5-8-20(19)14-22)28-17(2)26(32)29(16-24(30)31)23-12-11-18-9-6-10-21(18)15-23/h4-5,7-8,11-12,15,17,22,25,28H,3,6,9-10,13-14,16H2,1-2H3,(H,30,31). The lowest BCUT2D eigenvalue weighted by molar-refractivity contribution is -0.147. The Morgan fingerprint density at radius 1 is 1.06 bits per heavy atom. The average molecular weight is 465 g/mol. The molecule has 0 aromatic heterocycles. The van der Waals surface area contributed by atoms with E-state index in [-0.39, 0.29) is 24.4 Å². The third kappa shape index (κ3) is 5.14. The van der Waals surface area contributed by atoms with Gasteiger partial charge in [-0.25, -0.2) is 0 Å². The molecule has 7 nitrogen and oxygen atoms in total. The van der Waals surface area contributed by atoms with Crippen LogP contribution in [0, 0.1) is 5.92 Å². The minimum Gasteiger partial charge on any atom is -0.480 e. The third-order valence-electron chi connectivity index (χ3n) is 6.85. The van der Waals surface area contributed by atoms with E-state index < -0.39 is 24.6 Å². The molecule has 2 aliphatic rings. The van der Waals surface area contributed by atoms with Crippen LogP contribution >= 0.6 is 0 Å². The Hall–Kier alpha value is -3.19. The number of aryl methyl sites for hydroxylation is 2. The normalized spacial score (nSPS) is 16.4. The maximum Gasteiger partial charge on any atom is 0.323 e. The molecule has 2 aromatic rings. The molecule has 0 heterocycles. The van der Waals surface area contributed by atoms with Crippen molar-refractivity contribution in [1.82, 2.24) is 5.32 Å². The summed E-state index contributed by atoms with van der Waals surface area (Å²) < 4.78 is 5.34. The minimum atomic E-state index is -1.09. The Bertz CT molecular complexity index is 1060. The summed E-state index contributed by atoms with van der Waals surface area (Å²) in [4.78, 5) is 39.3. The Labute approximate surface area is 200 Å². The van der Waals surface area contributed by atoms with E-state index in [1.807, 2.05) is 30.3 Å². The summed E-state index contributed by atoms with van der Waals surface area (Å²) in [6, 6.07) is 12.4. The molecular weight excluding hydrogens is 432 g/mol. The van der Waals surface area contributed by atoms with Gasteiger partial charge in [-0.3, -0.25) is 24.6 Å². The van der Waals surface area contributed by atoms with Crippen LogP contribution in [0.1, 0.15) is 42.5 Å². The maximum absolute atomic E-state index is 13.5. The molecule has 0 radical (unpaired) electrons. The van der Waals surface area contributed by atoms with Gasteiger partial charge in [0.1, 0.15) is 12.6 Å². The molecule has 0 spiro atoms. The Balaban J connectivity index is 1.54. The highest BCUT2D eigenvalue weighted by Crippen LogP contribution is 2.30. The van der Waals surface area contributed by atoms with Gasteiger partial charge in [0.05, 0.1) is 12.6 Å². The van der Waals surface area contributed by atoms with Crippen LogP contribution in [0.4, 0.5) is 5.69 Å². The molecule has 0 aliphatic heterocycles. The van der Waals surface area contributed by atoms with Gasteiger partial charge in [0.2, 0.25) is 5.91 Å². The number of ether oxygens (including phenoxy) is 1. The number of benzene rings is 2. The van der Waals surface area contributed by atoms with E-state index in [2.05, 4.69) is 17.4 Å². The smallest absolute Gasteiger partial charge is 0.323 e. The van der Waals surface area contributed by atoms with Crippen molar-refractivity contribution in [3.05, 3.63) is 64.7 Å². The highest BCUT2D eigenvalue weighted by atomic mass is 16.5. The highest BCUT2D eigenvalue weighted by molar-refractivity contribution is 6.00. The van der Waals surface area contributed by atoms with E-state index in [9.17, 15) is 19.5 Å². The summed E-state index contributed by atoms with van der Waals surface area (Å²) in [6.45, 7) is 3.25. The van der Waals surface area contributed by atoms with Crippen molar-refractivity contribution in [3.8, 4) is 0 Å².